The van der Waals surface area contributed by atoms with Gasteiger partial charge in [0.25, 0.3) is 0 Å². The van der Waals surface area contributed by atoms with Crippen molar-refractivity contribution in [1.82, 2.24) is 10.2 Å². The Labute approximate surface area is 121 Å². The van der Waals surface area contributed by atoms with Crippen LogP contribution in [0, 0.1) is 11.8 Å². The van der Waals surface area contributed by atoms with Gasteiger partial charge in [-0.1, -0.05) is 13.8 Å². The van der Waals surface area contributed by atoms with E-state index in [1.807, 2.05) is 0 Å². The van der Waals surface area contributed by atoms with E-state index >= 15 is 0 Å². The van der Waals surface area contributed by atoms with E-state index in [9.17, 15) is 19.2 Å². The lowest BCUT2D eigenvalue weighted by atomic mass is 10.00. The van der Waals surface area contributed by atoms with Crippen LogP contribution in [0.3, 0.4) is 0 Å². The van der Waals surface area contributed by atoms with Crippen LogP contribution in [0.25, 0.3) is 0 Å². The number of hydrogen-bond donors (Lipinski definition) is 2. The van der Waals surface area contributed by atoms with Crippen molar-refractivity contribution in [3.8, 4) is 0 Å². The molecule has 0 bridgehead atoms. The topological polar surface area (TPSA) is 110 Å². The van der Waals surface area contributed by atoms with Crippen molar-refractivity contribution in [3.63, 3.8) is 0 Å². The number of thioether (sulfide) groups is 1. The maximum Gasteiger partial charge on any atom is 0.232 e. The van der Waals surface area contributed by atoms with Gasteiger partial charge in [-0.2, -0.15) is 0 Å². The molecule has 1 saturated heterocycles. The molecule has 0 aliphatic carbocycles. The standard InChI is InChI=1S/C12H19N3O4S/c1-7-8(2)12(19)15(11(7)18)4-3-14-10(17)6-20-5-9(13)16/h7-8H,3-6H2,1-2H3,(H2,13,16)(H,14,17)/t7-,8+. The Bertz CT molecular complexity index is 407. The van der Waals surface area contributed by atoms with E-state index in [0.29, 0.717) is 0 Å². The Morgan fingerprint density at radius 2 is 1.75 bits per heavy atom. The predicted molar refractivity (Wildman–Crippen MR) is 74.6 cm³/mol. The van der Waals surface area contributed by atoms with Crippen LogP contribution in [0.2, 0.25) is 0 Å². The van der Waals surface area contributed by atoms with E-state index in [2.05, 4.69) is 5.32 Å². The molecule has 0 aromatic rings. The number of nitrogens with one attached hydrogen (secondary N) is 1. The summed E-state index contributed by atoms with van der Waals surface area (Å²) in [5.41, 5.74) is 4.94. The minimum absolute atomic E-state index is 0.0888. The largest absolute Gasteiger partial charge is 0.369 e. The summed E-state index contributed by atoms with van der Waals surface area (Å²) in [6.45, 7) is 3.85. The number of likely N-dealkylation sites (tertiary alicyclic amines) is 1. The summed E-state index contributed by atoms with van der Waals surface area (Å²) in [6, 6.07) is 0. The molecule has 2 atom stereocenters. The van der Waals surface area contributed by atoms with Gasteiger partial charge in [-0.3, -0.25) is 24.1 Å². The minimum atomic E-state index is -0.473. The summed E-state index contributed by atoms with van der Waals surface area (Å²) in [7, 11) is 0. The number of primary amides is 1. The number of rotatable bonds is 7. The molecule has 3 N–H and O–H groups in total. The van der Waals surface area contributed by atoms with Gasteiger partial charge in [0.15, 0.2) is 0 Å². The van der Waals surface area contributed by atoms with Crippen LogP contribution in [0.15, 0.2) is 0 Å². The monoisotopic (exact) mass is 301 g/mol. The zero-order valence-electron chi connectivity index (χ0n) is 11.5. The van der Waals surface area contributed by atoms with Gasteiger partial charge in [-0.25, -0.2) is 0 Å². The molecule has 0 saturated carbocycles. The van der Waals surface area contributed by atoms with Crippen LogP contribution in [0.4, 0.5) is 0 Å². The van der Waals surface area contributed by atoms with Crippen molar-refractivity contribution in [1.29, 1.82) is 0 Å². The molecule has 20 heavy (non-hydrogen) atoms. The zero-order valence-corrected chi connectivity index (χ0v) is 12.4. The maximum absolute atomic E-state index is 11.8. The van der Waals surface area contributed by atoms with Gasteiger partial charge in [0, 0.05) is 24.9 Å². The van der Waals surface area contributed by atoms with Gasteiger partial charge in [-0.05, 0) is 0 Å². The lowest BCUT2D eigenvalue weighted by Crippen LogP contribution is -2.39. The highest BCUT2D eigenvalue weighted by Gasteiger charge is 2.41. The first kappa shape index (κ1) is 16.5. The van der Waals surface area contributed by atoms with E-state index in [1.54, 1.807) is 13.8 Å². The first-order chi connectivity index (χ1) is 9.34. The molecule has 4 amide bonds. The zero-order chi connectivity index (χ0) is 15.3. The van der Waals surface area contributed by atoms with Gasteiger partial charge in [0.05, 0.1) is 11.5 Å². The second-order valence-corrected chi connectivity index (χ2v) is 5.70. The molecule has 1 aliphatic rings. The minimum Gasteiger partial charge on any atom is -0.369 e. The van der Waals surface area contributed by atoms with Gasteiger partial charge >= 0.3 is 0 Å². The summed E-state index contributed by atoms with van der Waals surface area (Å²) < 4.78 is 0. The fourth-order valence-corrected chi connectivity index (χ4v) is 2.44. The van der Waals surface area contributed by atoms with Gasteiger partial charge < -0.3 is 11.1 Å². The molecule has 7 nitrogen and oxygen atoms in total. The lowest BCUT2D eigenvalue weighted by molar-refractivity contribution is -0.140. The van der Waals surface area contributed by atoms with E-state index in [0.717, 1.165) is 11.8 Å². The third-order valence-electron chi connectivity index (χ3n) is 3.20. The number of nitrogens with zero attached hydrogens (tertiary/aromatic N) is 1. The van der Waals surface area contributed by atoms with Crippen molar-refractivity contribution in [2.24, 2.45) is 17.6 Å². The third kappa shape index (κ3) is 4.22. The average molecular weight is 301 g/mol. The predicted octanol–water partition coefficient (Wildman–Crippen LogP) is -1.04. The Balaban J connectivity index is 2.27. The van der Waals surface area contributed by atoms with Crippen molar-refractivity contribution >= 4 is 35.4 Å². The molecule has 8 heteroatoms. The Hall–Kier alpha value is -1.57. The molecule has 1 heterocycles. The SMILES string of the molecule is C[C@@H]1C(=O)N(CCNC(=O)CSCC(N)=O)C(=O)[C@@H]1C. The smallest absolute Gasteiger partial charge is 0.232 e. The van der Waals surface area contributed by atoms with Gasteiger partial charge in [-0.15, -0.1) is 11.8 Å². The average Bonchev–Trinajstić information content (AvgIpc) is 2.56. The van der Waals surface area contributed by atoms with Crippen LogP contribution in [0.1, 0.15) is 13.8 Å². The first-order valence-electron chi connectivity index (χ1n) is 6.32. The number of nitrogens with two attached hydrogens (primary N) is 1. The molecular formula is C12H19N3O4S. The quantitative estimate of drug-likeness (QED) is 0.584. The Morgan fingerprint density at radius 1 is 1.20 bits per heavy atom. The summed E-state index contributed by atoms with van der Waals surface area (Å²) in [4.78, 5) is 46.7. The number of imide groups is 1. The van der Waals surface area contributed by atoms with Crippen LogP contribution in [-0.2, 0) is 19.2 Å². The Morgan fingerprint density at radius 3 is 2.25 bits per heavy atom. The molecular weight excluding hydrogens is 282 g/mol. The van der Waals surface area contributed by atoms with E-state index in [-0.39, 0.29) is 54.2 Å². The second kappa shape index (κ2) is 7.28. The van der Waals surface area contributed by atoms with E-state index in [1.165, 1.54) is 4.90 Å². The highest BCUT2D eigenvalue weighted by atomic mass is 32.2. The van der Waals surface area contributed by atoms with Gasteiger partial charge in [0.1, 0.15) is 0 Å². The number of amides is 4. The number of carbonyl (C=O) groups excluding carboxylic acids is 4. The van der Waals surface area contributed by atoms with Crippen molar-refractivity contribution in [3.05, 3.63) is 0 Å². The summed E-state index contributed by atoms with van der Waals surface area (Å²) in [5.74, 6) is -1.51. The number of carbonyl (C=O) groups is 4. The van der Waals surface area contributed by atoms with Crippen LogP contribution in [0.5, 0.6) is 0 Å². The molecule has 1 fully saturated rings. The van der Waals surface area contributed by atoms with Crippen molar-refractivity contribution in [2.75, 3.05) is 24.6 Å². The molecule has 1 rings (SSSR count). The summed E-state index contributed by atoms with van der Waals surface area (Å²) >= 11 is 1.12. The molecule has 112 valence electrons. The van der Waals surface area contributed by atoms with Gasteiger partial charge in [0.2, 0.25) is 23.6 Å². The van der Waals surface area contributed by atoms with Crippen LogP contribution in [-0.4, -0.2) is 53.1 Å². The Kier molecular flexibility index (Phi) is 6.00. The second-order valence-electron chi connectivity index (χ2n) is 4.71. The fourth-order valence-electron chi connectivity index (χ4n) is 1.85. The highest BCUT2D eigenvalue weighted by Crippen LogP contribution is 2.24. The molecule has 0 aromatic carbocycles. The van der Waals surface area contributed by atoms with E-state index in [4.69, 9.17) is 5.73 Å². The third-order valence-corrected chi connectivity index (χ3v) is 4.15. The molecule has 1 aliphatic heterocycles. The maximum atomic E-state index is 11.8. The van der Waals surface area contributed by atoms with Crippen molar-refractivity contribution in [2.45, 2.75) is 13.8 Å². The normalized spacial score (nSPS) is 22.2. The lowest BCUT2D eigenvalue weighted by Gasteiger charge is -2.14. The molecule has 0 spiro atoms. The molecule has 0 unspecified atom stereocenters. The number of hydrogen-bond acceptors (Lipinski definition) is 5. The molecule has 0 aromatic heterocycles. The van der Waals surface area contributed by atoms with Crippen LogP contribution >= 0.6 is 11.8 Å². The van der Waals surface area contributed by atoms with Crippen LogP contribution < -0.4 is 11.1 Å². The summed E-state index contributed by atoms with van der Waals surface area (Å²) in [6.07, 6.45) is 0. The fraction of sp³-hybridized carbons (Fsp3) is 0.667. The molecule has 0 radical (unpaired) electrons. The van der Waals surface area contributed by atoms with E-state index < -0.39 is 5.91 Å². The highest BCUT2D eigenvalue weighted by molar-refractivity contribution is 8.00. The first-order valence-corrected chi connectivity index (χ1v) is 7.48. The van der Waals surface area contributed by atoms with Crippen molar-refractivity contribution < 1.29 is 19.2 Å². The summed E-state index contributed by atoms with van der Waals surface area (Å²) in [5, 5.41) is 2.60.